The third-order valence-electron chi connectivity index (χ3n) is 4.63. The van der Waals surface area contributed by atoms with E-state index < -0.39 is 17.6 Å². The van der Waals surface area contributed by atoms with Gasteiger partial charge in [0.25, 0.3) is 5.56 Å². The van der Waals surface area contributed by atoms with Crippen LogP contribution in [0.5, 0.6) is 0 Å². The summed E-state index contributed by atoms with van der Waals surface area (Å²) in [6, 6.07) is 8.38. The highest BCUT2D eigenvalue weighted by Gasteiger charge is 2.20. The number of fused-ring (bicyclic) bond motifs is 1. The minimum Gasteiger partial charge on any atom is -0.462 e. The highest BCUT2D eigenvalue weighted by atomic mass is 32.1. The van der Waals surface area contributed by atoms with Crippen LogP contribution in [-0.2, 0) is 29.0 Å². The Balaban J connectivity index is 1.98. The van der Waals surface area contributed by atoms with Crippen molar-refractivity contribution in [2.45, 2.75) is 40.3 Å². The maximum absolute atomic E-state index is 12.8. The van der Waals surface area contributed by atoms with E-state index in [0.29, 0.717) is 27.9 Å². The van der Waals surface area contributed by atoms with E-state index >= 15 is 0 Å². The lowest BCUT2D eigenvalue weighted by molar-refractivity contribution is -0.116. The van der Waals surface area contributed by atoms with E-state index in [1.165, 1.54) is 15.9 Å². The van der Waals surface area contributed by atoms with Crippen molar-refractivity contribution >= 4 is 39.1 Å². The van der Waals surface area contributed by atoms with E-state index in [2.05, 4.69) is 5.32 Å². The summed E-state index contributed by atoms with van der Waals surface area (Å²) >= 11 is 1.30. The fourth-order valence-electron chi connectivity index (χ4n) is 3.18. The number of para-hydroxylation sites is 1. The third kappa shape index (κ3) is 4.06. The quantitative estimate of drug-likeness (QED) is 0.582. The Morgan fingerprint density at radius 2 is 1.83 bits per heavy atom. The standard InChI is InChI=1S/C21H23N3O5S/c1-4-13-11-15(20(27)29-6-3)18(30-13)22-17(25)12-24-16-10-8-7-9-14(16)19(26)23(5-2)21(24)28/h7-11H,4-6,12H2,1-3H3,(H,22,25). The lowest BCUT2D eigenvalue weighted by atomic mass is 10.2. The molecule has 30 heavy (non-hydrogen) atoms. The molecule has 0 aliphatic rings. The van der Waals surface area contributed by atoms with Crippen LogP contribution in [-0.4, -0.2) is 27.6 Å². The summed E-state index contributed by atoms with van der Waals surface area (Å²) in [4.78, 5) is 51.3. The molecule has 0 aliphatic carbocycles. The first-order chi connectivity index (χ1) is 14.4. The number of esters is 1. The fraction of sp³-hybridized carbons (Fsp3) is 0.333. The highest BCUT2D eigenvalue weighted by Crippen LogP contribution is 2.29. The van der Waals surface area contributed by atoms with Crippen LogP contribution in [0.1, 0.15) is 36.0 Å². The molecule has 0 aliphatic heterocycles. The van der Waals surface area contributed by atoms with Gasteiger partial charge in [0, 0.05) is 11.4 Å². The minimum atomic E-state index is -0.553. The second-order valence-corrected chi connectivity index (χ2v) is 7.65. The molecule has 3 aromatic rings. The van der Waals surface area contributed by atoms with Gasteiger partial charge in [0.05, 0.1) is 23.1 Å². The molecule has 1 N–H and O–H groups in total. The summed E-state index contributed by atoms with van der Waals surface area (Å²) in [6.45, 7) is 5.49. The number of anilines is 1. The van der Waals surface area contributed by atoms with Crippen molar-refractivity contribution in [3.63, 3.8) is 0 Å². The molecule has 0 radical (unpaired) electrons. The number of aryl methyl sites for hydroxylation is 1. The van der Waals surface area contributed by atoms with Gasteiger partial charge in [0.2, 0.25) is 5.91 Å². The summed E-state index contributed by atoms with van der Waals surface area (Å²) < 4.78 is 7.44. The number of amides is 1. The van der Waals surface area contributed by atoms with Gasteiger partial charge >= 0.3 is 11.7 Å². The molecule has 1 aromatic carbocycles. The molecule has 0 atom stereocenters. The lowest BCUT2D eigenvalue weighted by Crippen LogP contribution is -2.41. The first-order valence-electron chi connectivity index (χ1n) is 9.73. The van der Waals surface area contributed by atoms with Crippen molar-refractivity contribution in [2.75, 3.05) is 11.9 Å². The summed E-state index contributed by atoms with van der Waals surface area (Å²) in [7, 11) is 0. The minimum absolute atomic E-state index is 0.196. The molecule has 0 saturated carbocycles. The molecule has 9 heteroatoms. The van der Waals surface area contributed by atoms with E-state index in [9.17, 15) is 19.2 Å². The number of aromatic nitrogens is 2. The zero-order chi connectivity index (χ0) is 21.8. The van der Waals surface area contributed by atoms with E-state index in [0.717, 1.165) is 9.44 Å². The molecule has 0 saturated heterocycles. The van der Waals surface area contributed by atoms with Gasteiger partial charge in [-0.3, -0.25) is 18.7 Å². The second kappa shape index (κ2) is 9.08. The topological polar surface area (TPSA) is 99.4 Å². The lowest BCUT2D eigenvalue weighted by Gasteiger charge is -2.13. The molecule has 0 unspecified atom stereocenters. The SMILES string of the molecule is CCOC(=O)c1cc(CC)sc1NC(=O)Cn1c(=O)n(CC)c(=O)c2ccccc21. The summed E-state index contributed by atoms with van der Waals surface area (Å²) in [6.07, 6.45) is 0.707. The zero-order valence-electron chi connectivity index (χ0n) is 17.1. The average Bonchev–Trinajstić information content (AvgIpc) is 3.14. The number of nitrogens with one attached hydrogen (secondary N) is 1. The van der Waals surface area contributed by atoms with Crippen LogP contribution in [0.2, 0.25) is 0 Å². The molecule has 8 nitrogen and oxygen atoms in total. The van der Waals surface area contributed by atoms with Gasteiger partial charge in [0.1, 0.15) is 11.5 Å². The summed E-state index contributed by atoms with van der Waals surface area (Å²) in [5, 5.41) is 3.48. The Hall–Kier alpha value is -3.20. The predicted molar refractivity (Wildman–Crippen MR) is 116 cm³/mol. The maximum Gasteiger partial charge on any atom is 0.341 e. The molecule has 1 amide bonds. The highest BCUT2D eigenvalue weighted by molar-refractivity contribution is 7.16. The molecule has 2 aromatic heterocycles. The van der Waals surface area contributed by atoms with Crippen LogP contribution in [0.3, 0.4) is 0 Å². The van der Waals surface area contributed by atoms with Gasteiger partial charge in [-0.1, -0.05) is 19.1 Å². The first-order valence-corrected chi connectivity index (χ1v) is 10.5. The number of hydrogen-bond acceptors (Lipinski definition) is 6. The number of nitrogens with zero attached hydrogens (tertiary/aromatic N) is 2. The van der Waals surface area contributed by atoms with Crippen LogP contribution >= 0.6 is 11.3 Å². The normalized spacial score (nSPS) is 10.9. The van der Waals surface area contributed by atoms with Crippen LogP contribution < -0.4 is 16.6 Å². The molecule has 0 fully saturated rings. The Morgan fingerprint density at radius 3 is 2.50 bits per heavy atom. The summed E-state index contributed by atoms with van der Waals surface area (Å²) in [5.74, 6) is -0.982. The van der Waals surface area contributed by atoms with Crippen molar-refractivity contribution < 1.29 is 14.3 Å². The average molecular weight is 429 g/mol. The maximum atomic E-state index is 12.8. The van der Waals surface area contributed by atoms with E-state index in [4.69, 9.17) is 4.74 Å². The molecular weight excluding hydrogens is 406 g/mol. The summed E-state index contributed by atoms with van der Waals surface area (Å²) in [5.41, 5.74) is -0.256. The van der Waals surface area contributed by atoms with E-state index in [-0.39, 0.29) is 25.3 Å². The Labute approximate surface area is 176 Å². The van der Waals surface area contributed by atoms with Crippen molar-refractivity contribution in [3.8, 4) is 0 Å². The van der Waals surface area contributed by atoms with Gasteiger partial charge in [0.15, 0.2) is 0 Å². The van der Waals surface area contributed by atoms with Crippen molar-refractivity contribution in [1.29, 1.82) is 0 Å². The van der Waals surface area contributed by atoms with Crippen molar-refractivity contribution in [1.82, 2.24) is 9.13 Å². The van der Waals surface area contributed by atoms with Crippen LogP contribution in [0.25, 0.3) is 10.9 Å². The predicted octanol–water partition coefficient (Wildman–Crippen LogP) is 2.62. The first kappa shape index (κ1) is 21.5. The zero-order valence-corrected chi connectivity index (χ0v) is 17.9. The monoisotopic (exact) mass is 429 g/mol. The molecule has 0 spiro atoms. The smallest absolute Gasteiger partial charge is 0.341 e. The largest absolute Gasteiger partial charge is 0.462 e. The molecule has 3 rings (SSSR count). The molecule has 158 valence electrons. The van der Waals surface area contributed by atoms with Crippen LogP contribution in [0.15, 0.2) is 39.9 Å². The van der Waals surface area contributed by atoms with Crippen LogP contribution in [0, 0.1) is 0 Å². The van der Waals surface area contributed by atoms with Gasteiger partial charge in [-0.25, -0.2) is 9.59 Å². The van der Waals surface area contributed by atoms with Crippen molar-refractivity contribution in [2.24, 2.45) is 0 Å². The number of carbonyl (C=O) groups is 2. The van der Waals surface area contributed by atoms with Crippen molar-refractivity contribution in [3.05, 3.63) is 61.6 Å². The third-order valence-corrected chi connectivity index (χ3v) is 5.82. The molecule has 2 heterocycles. The van der Waals surface area contributed by atoms with Gasteiger partial charge < -0.3 is 10.1 Å². The number of rotatable bonds is 7. The second-order valence-electron chi connectivity index (χ2n) is 6.51. The number of thiophene rings is 1. The number of carbonyl (C=O) groups excluding carboxylic acids is 2. The molecule has 0 bridgehead atoms. The van der Waals surface area contributed by atoms with Gasteiger partial charge in [-0.15, -0.1) is 11.3 Å². The molecular formula is C21H23N3O5S. The van der Waals surface area contributed by atoms with Crippen LogP contribution in [0.4, 0.5) is 5.00 Å². The van der Waals surface area contributed by atoms with E-state index in [1.807, 2.05) is 6.92 Å². The Bertz CT molecular complexity index is 1220. The number of benzene rings is 1. The van der Waals surface area contributed by atoms with E-state index in [1.54, 1.807) is 44.2 Å². The number of hydrogen-bond donors (Lipinski definition) is 1. The number of ether oxygens (including phenoxy) is 1. The van der Waals surface area contributed by atoms with Gasteiger partial charge in [-0.05, 0) is 38.5 Å². The Morgan fingerprint density at radius 1 is 1.10 bits per heavy atom. The van der Waals surface area contributed by atoms with Gasteiger partial charge in [-0.2, -0.15) is 0 Å². The fourth-order valence-corrected chi connectivity index (χ4v) is 4.18. The Kier molecular flexibility index (Phi) is 6.51.